The van der Waals surface area contributed by atoms with Crippen molar-refractivity contribution in [3.05, 3.63) is 60.8 Å². The monoisotopic (exact) mass is 1120 g/mol. The molecule has 0 bridgehead atoms. The predicted molar refractivity (Wildman–Crippen MR) is 335 cm³/mol. The molecule has 0 fully saturated rings. The van der Waals surface area contributed by atoms with Crippen LogP contribution in [0.1, 0.15) is 328 Å². The molecule has 3 N–H and O–H groups in total. The molecule has 0 aliphatic rings. The average molecular weight is 1120 g/mol. The van der Waals surface area contributed by atoms with Gasteiger partial charge in [0.25, 0.3) is 0 Å². The van der Waals surface area contributed by atoms with E-state index in [-0.39, 0.29) is 38.6 Å². The minimum absolute atomic E-state index is 0.0554. The lowest BCUT2D eigenvalue weighted by Crippen LogP contribution is -2.29. The molecule has 0 aromatic heterocycles. The van der Waals surface area contributed by atoms with Gasteiger partial charge in [-0.1, -0.05) is 319 Å². The first-order chi connectivity index (χ1) is 38.3. The number of esters is 2. The topological polar surface area (TPSA) is 134 Å². The SMILES string of the molecule is CC/C=C\C/C=C\C/C=C\C/C=C\C/C=C\CCCCCCCCCCCCCCCCCCCCCCCC(=O)OC(COC(=O)CCCCCCCCCCCCCCCCCCCCCC)COP(=O)(O)OCCN. The average Bonchev–Trinajstić information content (AvgIpc) is 3.43. The normalized spacial score (nSPS) is 13.3. The Hall–Kier alpha value is -2.29. The van der Waals surface area contributed by atoms with Crippen LogP contribution in [0.15, 0.2) is 60.8 Å². The van der Waals surface area contributed by atoms with Gasteiger partial charge >= 0.3 is 19.8 Å². The number of carbonyl (C=O) groups excluding carboxylic acids is 2. The first kappa shape index (κ1) is 75.7. The number of phosphoric ester groups is 1. The molecule has 456 valence electrons. The number of hydrogen-bond donors (Lipinski definition) is 2. The van der Waals surface area contributed by atoms with E-state index in [1.54, 1.807) is 0 Å². The third kappa shape index (κ3) is 62.9. The van der Waals surface area contributed by atoms with Crippen LogP contribution in [0.5, 0.6) is 0 Å². The molecule has 0 aliphatic carbocycles. The maximum Gasteiger partial charge on any atom is 0.472 e. The predicted octanol–water partition coefficient (Wildman–Crippen LogP) is 21.5. The highest BCUT2D eigenvalue weighted by atomic mass is 31.2. The fourth-order valence-electron chi connectivity index (χ4n) is 9.79. The second-order valence-corrected chi connectivity index (χ2v) is 23.8. The van der Waals surface area contributed by atoms with E-state index in [0.717, 1.165) is 64.2 Å². The van der Waals surface area contributed by atoms with Gasteiger partial charge in [-0.15, -0.1) is 0 Å². The van der Waals surface area contributed by atoms with Gasteiger partial charge in [0.2, 0.25) is 0 Å². The number of ether oxygens (including phenoxy) is 2. The minimum Gasteiger partial charge on any atom is -0.462 e. The minimum atomic E-state index is -4.39. The van der Waals surface area contributed by atoms with E-state index < -0.39 is 26.5 Å². The van der Waals surface area contributed by atoms with Crippen molar-refractivity contribution in [3.8, 4) is 0 Å². The lowest BCUT2D eigenvalue weighted by Gasteiger charge is -2.19. The molecular weight excluding hydrogens is 990 g/mol. The van der Waals surface area contributed by atoms with Crippen molar-refractivity contribution >= 4 is 19.8 Å². The first-order valence-corrected chi connectivity index (χ1v) is 34.8. The molecule has 2 atom stereocenters. The summed E-state index contributed by atoms with van der Waals surface area (Å²) in [7, 11) is -4.39. The fraction of sp³-hybridized carbons (Fsp3) is 0.824. The summed E-state index contributed by atoms with van der Waals surface area (Å²) in [5, 5.41) is 0. The lowest BCUT2D eigenvalue weighted by atomic mass is 10.0. The Bertz CT molecular complexity index is 1460. The van der Waals surface area contributed by atoms with E-state index in [9.17, 15) is 19.0 Å². The summed E-state index contributed by atoms with van der Waals surface area (Å²) < 4.78 is 33.1. The number of phosphoric acid groups is 1. The summed E-state index contributed by atoms with van der Waals surface area (Å²) in [6.07, 6.45) is 81.7. The van der Waals surface area contributed by atoms with Crippen molar-refractivity contribution in [1.82, 2.24) is 0 Å². The molecule has 0 heterocycles. The number of hydrogen-bond acceptors (Lipinski definition) is 8. The molecule has 0 radical (unpaired) electrons. The third-order valence-corrected chi connectivity index (χ3v) is 15.7. The fourth-order valence-corrected chi connectivity index (χ4v) is 10.6. The molecule has 9 nitrogen and oxygen atoms in total. The zero-order valence-corrected chi connectivity index (χ0v) is 52.1. The first-order valence-electron chi connectivity index (χ1n) is 33.3. The number of carbonyl (C=O) groups is 2. The number of unbranched alkanes of at least 4 members (excludes halogenated alkanes) is 40. The maximum absolute atomic E-state index is 12.7. The van der Waals surface area contributed by atoms with E-state index in [1.165, 1.54) is 231 Å². The summed E-state index contributed by atoms with van der Waals surface area (Å²) in [5.74, 6) is -0.808. The van der Waals surface area contributed by atoms with E-state index >= 15 is 0 Å². The highest BCUT2D eigenvalue weighted by Gasteiger charge is 2.26. The highest BCUT2D eigenvalue weighted by Crippen LogP contribution is 2.43. The van der Waals surface area contributed by atoms with E-state index in [2.05, 4.69) is 74.6 Å². The zero-order valence-electron chi connectivity index (χ0n) is 51.2. The van der Waals surface area contributed by atoms with Gasteiger partial charge in [0.1, 0.15) is 6.61 Å². The second-order valence-electron chi connectivity index (χ2n) is 22.3. The molecule has 0 aromatic rings. The maximum atomic E-state index is 12.7. The summed E-state index contributed by atoms with van der Waals surface area (Å²) >= 11 is 0. The van der Waals surface area contributed by atoms with Gasteiger partial charge in [0.15, 0.2) is 6.10 Å². The second kappa shape index (κ2) is 63.9. The third-order valence-electron chi connectivity index (χ3n) is 14.7. The van der Waals surface area contributed by atoms with Crippen molar-refractivity contribution in [2.45, 2.75) is 335 Å². The Balaban J connectivity index is 3.81. The van der Waals surface area contributed by atoms with E-state index in [4.69, 9.17) is 24.3 Å². The van der Waals surface area contributed by atoms with Crippen LogP contribution in [0, 0.1) is 0 Å². The summed E-state index contributed by atoms with van der Waals surface area (Å²) in [6, 6.07) is 0. The molecule has 2 unspecified atom stereocenters. The van der Waals surface area contributed by atoms with Gasteiger partial charge in [-0.05, 0) is 57.8 Å². The molecule has 0 saturated heterocycles. The molecule has 0 rings (SSSR count). The van der Waals surface area contributed by atoms with E-state index in [0.29, 0.717) is 6.42 Å². The quantitative estimate of drug-likeness (QED) is 0.0264. The molecular formula is C68H126NO8P. The van der Waals surface area contributed by atoms with Crippen molar-refractivity contribution in [2.75, 3.05) is 26.4 Å². The molecule has 0 amide bonds. The Morgan fingerprint density at radius 2 is 0.705 bits per heavy atom. The summed E-state index contributed by atoms with van der Waals surface area (Å²) in [4.78, 5) is 35.3. The molecule has 0 aromatic carbocycles. The van der Waals surface area contributed by atoms with Crippen LogP contribution < -0.4 is 5.73 Å². The molecule has 78 heavy (non-hydrogen) atoms. The van der Waals surface area contributed by atoms with Crippen LogP contribution in [0.2, 0.25) is 0 Å². The van der Waals surface area contributed by atoms with Crippen molar-refractivity contribution in [3.63, 3.8) is 0 Å². The van der Waals surface area contributed by atoms with Crippen molar-refractivity contribution in [1.29, 1.82) is 0 Å². The van der Waals surface area contributed by atoms with Crippen LogP contribution in [-0.4, -0.2) is 49.3 Å². The number of allylic oxidation sites excluding steroid dienone is 10. The molecule has 0 spiro atoms. The Morgan fingerprint density at radius 3 is 1.05 bits per heavy atom. The molecule has 10 heteroatoms. The zero-order chi connectivity index (χ0) is 56.6. The van der Waals surface area contributed by atoms with E-state index in [1.807, 2.05) is 0 Å². The van der Waals surface area contributed by atoms with Gasteiger partial charge in [-0.25, -0.2) is 4.57 Å². The largest absolute Gasteiger partial charge is 0.472 e. The van der Waals surface area contributed by atoms with Crippen LogP contribution in [-0.2, 0) is 32.7 Å². The van der Waals surface area contributed by atoms with Gasteiger partial charge < -0.3 is 20.1 Å². The Kier molecular flexibility index (Phi) is 62.0. The van der Waals surface area contributed by atoms with Gasteiger partial charge in [-0.3, -0.25) is 18.6 Å². The standard InChI is InChI=1S/C68H126NO8P/c1-3-5-7-9-11-13-15-17-19-21-23-25-26-27-28-29-30-31-32-33-34-35-36-37-38-39-40-41-43-45-47-49-51-53-55-57-59-61-68(71)77-66(65-76-78(72,73)75-63-62-69)64-74-67(70)60-58-56-54-52-50-48-46-44-42-24-22-20-18-16-14-12-10-8-6-4-2/h5,7,11,13,17,19,23,25,27-28,66H,3-4,6,8-10,12,14-16,18,20-22,24,26,29-65,69H2,1-2H3,(H,72,73)/b7-5-,13-11-,19-17-,25-23-,28-27-. The van der Waals surface area contributed by atoms with Crippen LogP contribution >= 0.6 is 7.82 Å². The Morgan fingerprint density at radius 1 is 0.397 bits per heavy atom. The van der Waals surface area contributed by atoms with Gasteiger partial charge in [-0.2, -0.15) is 0 Å². The Labute approximate surface area is 482 Å². The van der Waals surface area contributed by atoms with Crippen molar-refractivity contribution in [2.24, 2.45) is 5.73 Å². The van der Waals surface area contributed by atoms with Crippen LogP contribution in [0.4, 0.5) is 0 Å². The summed E-state index contributed by atoms with van der Waals surface area (Å²) in [5.41, 5.74) is 5.39. The number of rotatable bonds is 63. The highest BCUT2D eigenvalue weighted by molar-refractivity contribution is 7.47. The molecule has 0 aliphatic heterocycles. The van der Waals surface area contributed by atoms with Gasteiger partial charge in [0, 0.05) is 19.4 Å². The van der Waals surface area contributed by atoms with Gasteiger partial charge in [0.05, 0.1) is 13.2 Å². The van der Waals surface area contributed by atoms with Crippen molar-refractivity contribution < 1.29 is 37.6 Å². The van der Waals surface area contributed by atoms with Crippen LogP contribution in [0.3, 0.4) is 0 Å². The van der Waals surface area contributed by atoms with Crippen LogP contribution in [0.25, 0.3) is 0 Å². The smallest absolute Gasteiger partial charge is 0.462 e. The lowest BCUT2D eigenvalue weighted by molar-refractivity contribution is -0.161. The number of nitrogens with two attached hydrogens (primary N) is 1. The summed E-state index contributed by atoms with van der Waals surface area (Å²) in [6.45, 7) is 3.69. The molecule has 0 saturated carbocycles.